The van der Waals surface area contributed by atoms with Crippen LogP contribution in [0.1, 0.15) is 27.2 Å². The fourth-order valence-corrected chi connectivity index (χ4v) is 3.49. The summed E-state index contributed by atoms with van der Waals surface area (Å²) in [6.45, 7) is 7.00. The number of rotatable bonds is 2. The first kappa shape index (κ1) is 13.4. The van der Waals surface area contributed by atoms with Gasteiger partial charge >= 0.3 is 0 Å². The highest BCUT2D eigenvalue weighted by Gasteiger charge is 2.36. The Balaban J connectivity index is 1.80. The van der Waals surface area contributed by atoms with E-state index in [1.54, 1.807) is 11.3 Å². The monoisotopic (exact) mass is 289 g/mol. The molecule has 1 saturated heterocycles. The Bertz CT molecular complexity index is 644. The highest BCUT2D eigenvalue weighted by atomic mass is 32.1. The smallest absolute Gasteiger partial charge is 0.225 e. The molecule has 1 unspecified atom stereocenters. The van der Waals surface area contributed by atoms with Crippen LogP contribution < -0.4 is 5.32 Å². The van der Waals surface area contributed by atoms with Gasteiger partial charge in [0.15, 0.2) is 0 Å². The van der Waals surface area contributed by atoms with E-state index < -0.39 is 0 Å². The van der Waals surface area contributed by atoms with Crippen molar-refractivity contribution in [2.24, 2.45) is 0 Å². The van der Waals surface area contributed by atoms with E-state index in [4.69, 9.17) is 0 Å². The van der Waals surface area contributed by atoms with E-state index in [1.807, 2.05) is 28.6 Å². The van der Waals surface area contributed by atoms with Crippen molar-refractivity contribution in [2.75, 3.05) is 11.9 Å². The molecule has 1 N–H and O–H groups in total. The van der Waals surface area contributed by atoms with Gasteiger partial charge in [-0.1, -0.05) is 0 Å². The molecule has 1 aliphatic heterocycles. The van der Waals surface area contributed by atoms with Gasteiger partial charge in [0.05, 0.1) is 21.9 Å². The van der Waals surface area contributed by atoms with Crippen molar-refractivity contribution in [1.29, 1.82) is 0 Å². The summed E-state index contributed by atoms with van der Waals surface area (Å²) in [5.41, 5.74) is 1.99. The van der Waals surface area contributed by atoms with E-state index in [-0.39, 0.29) is 17.5 Å². The second-order valence-corrected chi connectivity index (χ2v) is 7.13. The third kappa shape index (κ3) is 2.38. The summed E-state index contributed by atoms with van der Waals surface area (Å²) in [5, 5.41) is 5.56. The van der Waals surface area contributed by atoms with Gasteiger partial charge in [0.25, 0.3) is 0 Å². The molecule has 2 aromatic heterocycles. The molecule has 0 saturated carbocycles. The van der Waals surface area contributed by atoms with Crippen molar-refractivity contribution in [3.05, 3.63) is 23.7 Å². The molecule has 0 radical (unpaired) electrons. The number of amides is 1. The molecule has 2 aromatic rings. The number of nitrogens with zero attached hydrogens (tertiary/aromatic N) is 2. The first-order chi connectivity index (χ1) is 9.45. The lowest BCUT2D eigenvalue weighted by Crippen LogP contribution is -2.43. The zero-order valence-electron chi connectivity index (χ0n) is 12.0. The van der Waals surface area contributed by atoms with Crippen LogP contribution in [0.5, 0.6) is 0 Å². The van der Waals surface area contributed by atoms with Crippen LogP contribution >= 0.6 is 11.3 Å². The van der Waals surface area contributed by atoms with Crippen LogP contribution in [0.3, 0.4) is 0 Å². The molecule has 4 nitrogen and oxygen atoms in total. The van der Waals surface area contributed by atoms with E-state index in [2.05, 4.69) is 31.1 Å². The Morgan fingerprint density at radius 1 is 1.40 bits per heavy atom. The van der Waals surface area contributed by atoms with Crippen LogP contribution in [0.25, 0.3) is 10.2 Å². The molecule has 106 valence electrons. The van der Waals surface area contributed by atoms with Gasteiger partial charge in [0, 0.05) is 24.7 Å². The second kappa shape index (κ2) is 4.74. The minimum atomic E-state index is -0.107. The average molecular weight is 289 g/mol. The molecule has 5 heteroatoms. The lowest BCUT2D eigenvalue weighted by atomic mass is 10.1. The number of fused-ring (bicyclic) bond motifs is 1. The van der Waals surface area contributed by atoms with Crippen molar-refractivity contribution in [3.8, 4) is 0 Å². The minimum absolute atomic E-state index is 0.107. The van der Waals surface area contributed by atoms with E-state index in [0.29, 0.717) is 6.42 Å². The van der Waals surface area contributed by atoms with Crippen molar-refractivity contribution >= 4 is 33.1 Å². The standard InChI is InChI=1S/C15H19N3OS/c1-15(2,3)18-9-10(8-13(18)19)17-12-4-6-16-11-5-7-20-14(11)12/h4-7,10H,8-9H2,1-3H3,(H,16,17). The zero-order chi connectivity index (χ0) is 14.3. The second-order valence-electron chi connectivity index (χ2n) is 6.21. The molecular weight excluding hydrogens is 270 g/mol. The van der Waals surface area contributed by atoms with Crippen molar-refractivity contribution in [2.45, 2.75) is 38.8 Å². The fraction of sp³-hybridized carbons (Fsp3) is 0.467. The summed E-state index contributed by atoms with van der Waals surface area (Å²) in [6, 6.07) is 4.18. The van der Waals surface area contributed by atoms with Gasteiger partial charge in [-0.15, -0.1) is 11.3 Å². The minimum Gasteiger partial charge on any atom is -0.379 e. The number of nitrogens with one attached hydrogen (secondary N) is 1. The maximum Gasteiger partial charge on any atom is 0.225 e. The van der Waals surface area contributed by atoms with Gasteiger partial charge in [-0.25, -0.2) is 0 Å². The van der Waals surface area contributed by atoms with Gasteiger partial charge in [-0.05, 0) is 38.3 Å². The van der Waals surface area contributed by atoms with Crippen LogP contribution in [0.2, 0.25) is 0 Å². The Morgan fingerprint density at radius 3 is 2.90 bits per heavy atom. The Labute approximate surface area is 122 Å². The van der Waals surface area contributed by atoms with Crippen molar-refractivity contribution in [3.63, 3.8) is 0 Å². The number of pyridine rings is 1. The van der Waals surface area contributed by atoms with Crippen LogP contribution in [0.15, 0.2) is 23.7 Å². The predicted molar refractivity (Wildman–Crippen MR) is 83.1 cm³/mol. The van der Waals surface area contributed by atoms with Gasteiger partial charge in [-0.2, -0.15) is 0 Å². The molecule has 3 rings (SSSR count). The summed E-state index contributed by atoms with van der Waals surface area (Å²) < 4.78 is 1.16. The van der Waals surface area contributed by atoms with Crippen LogP contribution in [-0.4, -0.2) is 33.9 Å². The number of hydrogen-bond donors (Lipinski definition) is 1. The van der Waals surface area contributed by atoms with Crippen LogP contribution in [-0.2, 0) is 4.79 Å². The molecular formula is C15H19N3OS. The first-order valence-corrected chi connectivity index (χ1v) is 7.72. The molecule has 1 amide bonds. The first-order valence-electron chi connectivity index (χ1n) is 6.84. The van der Waals surface area contributed by atoms with Gasteiger partial charge in [-0.3, -0.25) is 9.78 Å². The maximum absolute atomic E-state index is 12.1. The van der Waals surface area contributed by atoms with E-state index >= 15 is 0 Å². The lowest BCUT2D eigenvalue weighted by Gasteiger charge is -2.32. The molecule has 0 aliphatic carbocycles. The van der Waals surface area contributed by atoms with E-state index in [9.17, 15) is 4.79 Å². The number of likely N-dealkylation sites (tertiary alicyclic amines) is 1. The summed E-state index contributed by atoms with van der Waals surface area (Å²) in [5.74, 6) is 0.228. The van der Waals surface area contributed by atoms with Crippen molar-refractivity contribution in [1.82, 2.24) is 9.88 Å². The number of aromatic nitrogens is 1. The summed E-state index contributed by atoms with van der Waals surface area (Å²) in [4.78, 5) is 18.4. The SMILES string of the molecule is CC(C)(C)N1CC(Nc2ccnc3ccsc23)CC1=O. The van der Waals surface area contributed by atoms with Gasteiger partial charge in [0.1, 0.15) is 0 Å². The number of hydrogen-bond acceptors (Lipinski definition) is 4. The molecule has 1 aliphatic rings. The highest BCUT2D eigenvalue weighted by Crippen LogP contribution is 2.30. The third-order valence-electron chi connectivity index (χ3n) is 3.64. The summed E-state index contributed by atoms with van der Waals surface area (Å²) in [7, 11) is 0. The number of anilines is 1. The molecule has 1 fully saturated rings. The van der Waals surface area contributed by atoms with E-state index in [1.165, 1.54) is 0 Å². The Kier molecular flexibility index (Phi) is 3.17. The summed E-state index contributed by atoms with van der Waals surface area (Å²) >= 11 is 1.68. The molecule has 0 spiro atoms. The average Bonchev–Trinajstić information content (AvgIpc) is 2.95. The molecule has 3 heterocycles. The van der Waals surface area contributed by atoms with Gasteiger partial charge < -0.3 is 10.2 Å². The zero-order valence-corrected chi connectivity index (χ0v) is 12.8. The normalized spacial score (nSPS) is 19.9. The molecule has 0 bridgehead atoms. The number of carbonyl (C=O) groups excluding carboxylic acids is 1. The Hall–Kier alpha value is -1.62. The largest absolute Gasteiger partial charge is 0.379 e. The number of thiophene rings is 1. The quantitative estimate of drug-likeness (QED) is 0.924. The predicted octanol–water partition coefficient (Wildman–Crippen LogP) is 3.11. The molecule has 1 atom stereocenters. The highest BCUT2D eigenvalue weighted by molar-refractivity contribution is 7.17. The summed E-state index contributed by atoms with van der Waals surface area (Å²) in [6.07, 6.45) is 2.38. The lowest BCUT2D eigenvalue weighted by molar-refractivity contribution is -0.131. The van der Waals surface area contributed by atoms with Crippen molar-refractivity contribution < 1.29 is 4.79 Å². The topological polar surface area (TPSA) is 45.2 Å². The number of carbonyl (C=O) groups is 1. The molecule has 0 aromatic carbocycles. The van der Waals surface area contributed by atoms with Gasteiger partial charge in [0.2, 0.25) is 5.91 Å². The Morgan fingerprint density at radius 2 is 2.20 bits per heavy atom. The fourth-order valence-electron chi connectivity index (χ4n) is 2.66. The third-order valence-corrected chi connectivity index (χ3v) is 4.58. The van der Waals surface area contributed by atoms with Crippen LogP contribution in [0, 0.1) is 0 Å². The molecule has 20 heavy (non-hydrogen) atoms. The van der Waals surface area contributed by atoms with Crippen LogP contribution in [0.4, 0.5) is 5.69 Å². The maximum atomic E-state index is 12.1. The van der Waals surface area contributed by atoms with E-state index in [0.717, 1.165) is 22.4 Å².